The molecule has 1 heterocycles. The normalized spacial score (nSPS) is 14.6. The summed E-state index contributed by atoms with van der Waals surface area (Å²) in [4.78, 5) is 14.3. The Hall–Kier alpha value is -2.74. The number of aryl methyl sites for hydroxylation is 1. The van der Waals surface area contributed by atoms with Crippen LogP contribution >= 0.6 is 0 Å². The van der Waals surface area contributed by atoms with E-state index in [9.17, 15) is 18.0 Å². The first kappa shape index (κ1) is 20.0. The van der Waals surface area contributed by atoms with E-state index < -0.39 is 24.3 Å². The van der Waals surface area contributed by atoms with Gasteiger partial charge < -0.3 is 19.7 Å². The van der Waals surface area contributed by atoms with E-state index in [0.717, 1.165) is 30.4 Å². The number of carbonyl (C=O) groups is 1. The summed E-state index contributed by atoms with van der Waals surface area (Å²) < 4.78 is 49.4. The van der Waals surface area contributed by atoms with Crippen molar-refractivity contribution in [3.63, 3.8) is 0 Å². The molecule has 0 aromatic heterocycles. The van der Waals surface area contributed by atoms with E-state index in [-0.39, 0.29) is 5.75 Å². The molecule has 2 aromatic carbocycles. The maximum absolute atomic E-state index is 13.0. The van der Waals surface area contributed by atoms with Crippen LogP contribution in [0.1, 0.15) is 11.1 Å². The summed E-state index contributed by atoms with van der Waals surface area (Å²) in [6.07, 6.45) is -4.54. The number of morpholine rings is 1. The average molecular weight is 394 g/mol. The number of para-hydroxylation sites is 1. The molecule has 0 radical (unpaired) electrons. The van der Waals surface area contributed by atoms with Crippen LogP contribution in [0.2, 0.25) is 0 Å². The number of nitrogens with zero attached hydrogens (tertiary/aromatic N) is 1. The molecule has 0 aliphatic carbocycles. The van der Waals surface area contributed by atoms with Gasteiger partial charge in [0.15, 0.2) is 6.61 Å². The van der Waals surface area contributed by atoms with Crippen molar-refractivity contribution in [3.05, 3.63) is 53.6 Å². The lowest BCUT2D eigenvalue weighted by Gasteiger charge is -2.29. The number of rotatable bonds is 5. The molecule has 1 amide bonds. The molecule has 0 spiro atoms. The van der Waals surface area contributed by atoms with E-state index >= 15 is 0 Å². The first-order chi connectivity index (χ1) is 13.3. The first-order valence-electron chi connectivity index (χ1n) is 8.87. The number of benzene rings is 2. The third-order valence-corrected chi connectivity index (χ3v) is 4.41. The first-order valence-corrected chi connectivity index (χ1v) is 8.87. The summed E-state index contributed by atoms with van der Waals surface area (Å²) in [5.74, 6) is -0.899. The average Bonchev–Trinajstić information content (AvgIpc) is 2.68. The molecule has 8 heteroatoms. The highest BCUT2D eigenvalue weighted by Gasteiger charge is 2.34. The van der Waals surface area contributed by atoms with Crippen molar-refractivity contribution in [2.45, 2.75) is 13.1 Å². The largest absolute Gasteiger partial charge is 0.483 e. The molecule has 1 N–H and O–H groups in total. The molecule has 28 heavy (non-hydrogen) atoms. The Labute approximate surface area is 161 Å². The van der Waals surface area contributed by atoms with Crippen molar-refractivity contribution >= 4 is 17.3 Å². The number of carbonyl (C=O) groups excluding carboxylic acids is 1. The topological polar surface area (TPSA) is 50.8 Å². The van der Waals surface area contributed by atoms with Gasteiger partial charge in [0.25, 0.3) is 5.91 Å². The fraction of sp³-hybridized carbons (Fsp3) is 0.350. The third kappa shape index (κ3) is 4.95. The lowest BCUT2D eigenvalue weighted by molar-refractivity contribution is -0.139. The van der Waals surface area contributed by atoms with Crippen molar-refractivity contribution < 1.29 is 27.4 Å². The van der Waals surface area contributed by atoms with E-state index in [0.29, 0.717) is 18.9 Å². The van der Waals surface area contributed by atoms with Crippen molar-refractivity contribution in [3.8, 4) is 5.75 Å². The molecule has 1 aliphatic heterocycles. The summed E-state index contributed by atoms with van der Waals surface area (Å²) in [6, 6.07) is 10.4. The summed E-state index contributed by atoms with van der Waals surface area (Å²) >= 11 is 0. The van der Waals surface area contributed by atoms with Gasteiger partial charge >= 0.3 is 6.18 Å². The molecule has 0 bridgehead atoms. The fourth-order valence-electron chi connectivity index (χ4n) is 2.96. The Balaban J connectivity index is 1.61. The Bertz CT molecular complexity index is 834. The summed E-state index contributed by atoms with van der Waals surface area (Å²) in [5.41, 5.74) is 1.57. The van der Waals surface area contributed by atoms with Crippen molar-refractivity contribution in [2.24, 2.45) is 0 Å². The fourth-order valence-corrected chi connectivity index (χ4v) is 2.96. The van der Waals surface area contributed by atoms with Gasteiger partial charge in [-0.25, -0.2) is 0 Å². The van der Waals surface area contributed by atoms with Crippen LogP contribution in [-0.2, 0) is 15.7 Å². The second-order valence-electron chi connectivity index (χ2n) is 6.43. The molecular formula is C20H21F3N2O3. The molecule has 1 saturated heterocycles. The smallest absolute Gasteiger partial charge is 0.419 e. The number of amides is 1. The highest BCUT2D eigenvalue weighted by molar-refractivity contribution is 5.92. The number of anilines is 2. The minimum absolute atomic E-state index is 0.371. The highest BCUT2D eigenvalue weighted by Crippen LogP contribution is 2.35. The molecule has 0 unspecified atom stereocenters. The van der Waals surface area contributed by atoms with E-state index in [1.807, 2.05) is 19.1 Å². The van der Waals surface area contributed by atoms with Crippen LogP contribution in [0.3, 0.4) is 0 Å². The number of hydrogen-bond acceptors (Lipinski definition) is 4. The molecule has 3 rings (SSSR count). The van der Waals surface area contributed by atoms with Crippen LogP contribution in [-0.4, -0.2) is 38.8 Å². The number of halogens is 3. The number of alkyl halides is 3. The molecule has 150 valence electrons. The van der Waals surface area contributed by atoms with Gasteiger partial charge in [0, 0.05) is 24.5 Å². The van der Waals surface area contributed by atoms with E-state index in [1.165, 1.54) is 18.2 Å². The second kappa shape index (κ2) is 8.52. The van der Waals surface area contributed by atoms with Crippen molar-refractivity contribution in [2.75, 3.05) is 43.1 Å². The van der Waals surface area contributed by atoms with Gasteiger partial charge in [-0.3, -0.25) is 4.79 Å². The highest BCUT2D eigenvalue weighted by atomic mass is 19.4. The molecule has 1 aliphatic rings. The van der Waals surface area contributed by atoms with Gasteiger partial charge in [-0.1, -0.05) is 12.1 Å². The van der Waals surface area contributed by atoms with Crippen LogP contribution < -0.4 is 15.0 Å². The van der Waals surface area contributed by atoms with Crippen LogP contribution in [0.5, 0.6) is 5.75 Å². The number of nitrogens with one attached hydrogen (secondary N) is 1. The van der Waals surface area contributed by atoms with Crippen molar-refractivity contribution in [1.29, 1.82) is 0 Å². The predicted octanol–water partition coefficient (Wildman–Crippen LogP) is 3.87. The maximum atomic E-state index is 13.0. The molecule has 2 aromatic rings. The van der Waals surface area contributed by atoms with Crippen molar-refractivity contribution in [1.82, 2.24) is 0 Å². The lowest BCUT2D eigenvalue weighted by atomic mass is 10.1. The third-order valence-electron chi connectivity index (χ3n) is 4.41. The summed E-state index contributed by atoms with van der Waals surface area (Å²) in [5, 5.41) is 2.68. The van der Waals surface area contributed by atoms with Gasteiger partial charge in [0.05, 0.1) is 18.8 Å². The molecule has 0 atom stereocenters. The molecule has 5 nitrogen and oxygen atoms in total. The standard InChI is InChI=1S/C20H21F3N2O3/c1-14-12-15(25-8-10-27-11-9-25)6-7-17(14)24-19(26)13-28-18-5-3-2-4-16(18)20(21,22)23/h2-7,12H,8-11,13H2,1H3,(H,24,26). The SMILES string of the molecule is Cc1cc(N2CCOCC2)ccc1NC(=O)COc1ccccc1C(F)(F)F. The van der Waals surface area contributed by atoms with E-state index in [2.05, 4.69) is 10.2 Å². The molecule has 1 fully saturated rings. The Morgan fingerprint density at radius 2 is 1.89 bits per heavy atom. The quantitative estimate of drug-likeness (QED) is 0.837. The van der Waals surface area contributed by atoms with E-state index in [1.54, 1.807) is 6.07 Å². The minimum atomic E-state index is -4.54. The predicted molar refractivity (Wildman–Crippen MR) is 99.8 cm³/mol. The molecule has 0 saturated carbocycles. The van der Waals surface area contributed by atoms with Crippen LogP contribution in [0, 0.1) is 6.92 Å². The van der Waals surface area contributed by atoms with Gasteiger partial charge in [-0.05, 0) is 42.8 Å². The van der Waals surface area contributed by atoms with E-state index in [4.69, 9.17) is 9.47 Å². The Kier molecular flexibility index (Phi) is 6.08. The number of ether oxygens (including phenoxy) is 2. The van der Waals surface area contributed by atoms with Crippen LogP contribution in [0.4, 0.5) is 24.5 Å². The van der Waals surface area contributed by atoms with Gasteiger partial charge in [0.2, 0.25) is 0 Å². The summed E-state index contributed by atoms with van der Waals surface area (Å²) in [6.45, 7) is 4.30. The second-order valence-corrected chi connectivity index (χ2v) is 6.43. The monoisotopic (exact) mass is 394 g/mol. The van der Waals surface area contributed by atoms with Crippen LogP contribution in [0.15, 0.2) is 42.5 Å². The van der Waals surface area contributed by atoms with Gasteiger partial charge in [0.1, 0.15) is 5.75 Å². The Morgan fingerprint density at radius 1 is 1.18 bits per heavy atom. The minimum Gasteiger partial charge on any atom is -0.483 e. The zero-order valence-corrected chi connectivity index (χ0v) is 15.4. The lowest BCUT2D eigenvalue weighted by Crippen LogP contribution is -2.36. The number of hydrogen-bond donors (Lipinski definition) is 1. The van der Waals surface area contributed by atoms with Gasteiger partial charge in [-0.15, -0.1) is 0 Å². The summed E-state index contributed by atoms with van der Waals surface area (Å²) in [7, 11) is 0. The Morgan fingerprint density at radius 3 is 2.57 bits per heavy atom. The molecular weight excluding hydrogens is 373 g/mol. The van der Waals surface area contributed by atoms with Gasteiger partial charge in [-0.2, -0.15) is 13.2 Å². The zero-order valence-electron chi connectivity index (χ0n) is 15.4. The maximum Gasteiger partial charge on any atom is 0.419 e. The van der Waals surface area contributed by atoms with Crippen LogP contribution in [0.25, 0.3) is 0 Å². The zero-order chi connectivity index (χ0) is 20.1.